The number of aromatic nitrogens is 1. The number of nitrogens with zero attached hydrogens (tertiary/aromatic N) is 1. The van der Waals surface area contributed by atoms with Gasteiger partial charge in [-0.15, -0.1) is 0 Å². The zero-order valence-corrected chi connectivity index (χ0v) is 20.5. The van der Waals surface area contributed by atoms with E-state index in [0.29, 0.717) is 33.9 Å². The van der Waals surface area contributed by atoms with Crippen molar-refractivity contribution in [3.05, 3.63) is 88.8 Å². The van der Waals surface area contributed by atoms with Crippen LogP contribution < -0.4 is 18.9 Å². The molecule has 0 amide bonds. The Balaban J connectivity index is 1.38. The molecule has 0 saturated heterocycles. The lowest BCUT2D eigenvalue weighted by Gasteiger charge is -2.09. The minimum absolute atomic E-state index is 0.140. The second-order valence-corrected chi connectivity index (χ2v) is 8.57. The Kier molecular flexibility index (Phi) is 5.98. The molecule has 0 bridgehead atoms. The fourth-order valence-electron chi connectivity index (χ4n) is 4.35. The number of Topliss-reactive ketones (excluding diaryl/α,β-unsaturated/α-hetero) is 2. The van der Waals surface area contributed by atoms with Crippen LogP contribution in [0.5, 0.6) is 23.0 Å². The molecule has 1 aliphatic rings. The molecule has 0 fully saturated rings. The molecule has 0 unspecified atom stereocenters. The Labute approximate surface area is 208 Å². The highest BCUT2D eigenvalue weighted by atomic mass is 16.5. The third-order valence-corrected chi connectivity index (χ3v) is 6.24. The fourth-order valence-corrected chi connectivity index (χ4v) is 4.35. The molecule has 7 heteroatoms. The van der Waals surface area contributed by atoms with Gasteiger partial charge < -0.3 is 23.5 Å². The van der Waals surface area contributed by atoms with E-state index in [1.165, 1.54) is 0 Å². The molecular formula is C29H25NO6. The Bertz CT molecular complexity index is 1530. The van der Waals surface area contributed by atoms with E-state index in [1.54, 1.807) is 56.7 Å². The Morgan fingerprint density at radius 2 is 1.69 bits per heavy atom. The van der Waals surface area contributed by atoms with Gasteiger partial charge in [-0.2, -0.15) is 0 Å². The number of aryl methyl sites for hydroxylation is 2. The zero-order valence-electron chi connectivity index (χ0n) is 20.5. The number of ether oxygens (including phenoxy) is 4. The molecule has 0 atom stereocenters. The molecule has 1 aromatic heterocycles. The third-order valence-electron chi connectivity index (χ3n) is 6.24. The number of rotatable bonds is 7. The molecule has 5 rings (SSSR count). The molecule has 0 aliphatic carbocycles. The van der Waals surface area contributed by atoms with Crippen LogP contribution in [0, 0.1) is 6.92 Å². The van der Waals surface area contributed by atoms with Crippen molar-refractivity contribution in [2.45, 2.75) is 6.92 Å². The molecule has 182 valence electrons. The smallest absolute Gasteiger partial charge is 0.232 e. The molecular weight excluding hydrogens is 458 g/mol. The van der Waals surface area contributed by atoms with Crippen LogP contribution in [0.3, 0.4) is 0 Å². The highest BCUT2D eigenvalue weighted by Gasteiger charge is 2.30. The number of hydrogen-bond donors (Lipinski definition) is 0. The lowest BCUT2D eigenvalue weighted by molar-refractivity contribution is 0.0920. The van der Waals surface area contributed by atoms with Gasteiger partial charge >= 0.3 is 0 Å². The highest BCUT2D eigenvalue weighted by molar-refractivity contribution is 6.16. The van der Waals surface area contributed by atoms with Crippen LogP contribution in [-0.4, -0.2) is 37.0 Å². The summed E-state index contributed by atoms with van der Waals surface area (Å²) in [4.78, 5) is 25.7. The quantitative estimate of drug-likeness (QED) is 0.259. The van der Waals surface area contributed by atoms with Gasteiger partial charge in [-0.3, -0.25) is 9.59 Å². The Morgan fingerprint density at radius 1 is 0.972 bits per heavy atom. The first-order valence-corrected chi connectivity index (χ1v) is 11.4. The van der Waals surface area contributed by atoms with Crippen molar-refractivity contribution in [2.75, 3.05) is 20.8 Å². The van der Waals surface area contributed by atoms with Crippen LogP contribution >= 0.6 is 0 Å². The number of methoxy groups -OCH3 is 2. The molecule has 36 heavy (non-hydrogen) atoms. The maximum atomic E-state index is 13.2. The van der Waals surface area contributed by atoms with Crippen molar-refractivity contribution in [1.82, 2.24) is 4.57 Å². The van der Waals surface area contributed by atoms with Crippen LogP contribution in [0.25, 0.3) is 17.0 Å². The summed E-state index contributed by atoms with van der Waals surface area (Å²) in [6, 6.07) is 16.0. The number of benzene rings is 3. The van der Waals surface area contributed by atoms with Gasteiger partial charge in [0.05, 0.1) is 19.8 Å². The number of ketones is 2. The molecule has 4 aromatic rings. The van der Waals surface area contributed by atoms with Gasteiger partial charge in [-0.25, -0.2) is 0 Å². The van der Waals surface area contributed by atoms with Gasteiger partial charge in [0.25, 0.3) is 0 Å². The average Bonchev–Trinajstić information content (AvgIpc) is 3.38. The second kappa shape index (κ2) is 9.26. The second-order valence-electron chi connectivity index (χ2n) is 8.57. The lowest BCUT2D eigenvalue weighted by atomic mass is 10.0. The molecule has 0 radical (unpaired) electrons. The minimum Gasteiger partial charge on any atom is -0.497 e. The van der Waals surface area contributed by atoms with Gasteiger partial charge in [0.15, 0.2) is 18.1 Å². The monoisotopic (exact) mass is 483 g/mol. The molecule has 0 spiro atoms. The molecule has 1 aliphatic heterocycles. The summed E-state index contributed by atoms with van der Waals surface area (Å²) in [6.07, 6.45) is 3.69. The zero-order chi connectivity index (χ0) is 25.4. The Hall–Kier alpha value is -4.52. The number of hydrogen-bond acceptors (Lipinski definition) is 6. The van der Waals surface area contributed by atoms with Crippen molar-refractivity contribution in [1.29, 1.82) is 0 Å². The van der Waals surface area contributed by atoms with Crippen molar-refractivity contribution in [2.24, 2.45) is 7.05 Å². The summed E-state index contributed by atoms with van der Waals surface area (Å²) in [5, 5.41) is 0.953. The topological polar surface area (TPSA) is 76.0 Å². The largest absolute Gasteiger partial charge is 0.497 e. The van der Waals surface area contributed by atoms with Crippen LogP contribution in [0.1, 0.15) is 31.8 Å². The van der Waals surface area contributed by atoms with Crippen molar-refractivity contribution >= 4 is 28.5 Å². The van der Waals surface area contributed by atoms with Crippen molar-refractivity contribution in [3.63, 3.8) is 0 Å². The summed E-state index contributed by atoms with van der Waals surface area (Å²) < 4.78 is 24.2. The van der Waals surface area contributed by atoms with Gasteiger partial charge in [0.1, 0.15) is 23.0 Å². The van der Waals surface area contributed by atoms with Crippen molar-refractivity contribution < 1.29 is 28.5 Å². The Morgan fingerprint density at radius 3 is 2.42 bits per heavy atom. The molecule has 0 saturated carbocycles. The van der Waals surface area contributed by atoms with Crippen LogP contribution in [-0.2, 0) is 7.05 Å². The van der Waals surface area contributed by atoms with Gasteiger partial charge in [0, 0.05) is 41.3 Å². The third kappa shape index (κ3) is 4.20. The van der Waals surface area contributed by atoms with Crippen LogP contribution in [0.2, 0.25) is 0 Å². The maximum absolute atomic E-state index is 13.2. The van der Waals surface area contributed by atoms with Gasteiger partial charge in [-0.05, 0) is 67.1 Å². The maximum Gasteiger partial charge on any atom is 0.232 e. The SMILES string of the molecule is COc1ccc(C(=O)COc2cc(C)c3c(c2)O/C(=C\c2cn(C)c4ccc(OC)cc24)C3=O)cc1. The van der Waals surface area contributed by atoms with E-state index in [0.717, 1.165) is 22.2 Å². The van der Waals surface area contributed by atoms with E-state index in [4.69, 9.17) is 18.9 Å². The van der Waals surface area contributed by atoms with Crippen molar-refractivity contribution in [3.8, 4) is 23.0 Å². The number of carbonyl (C=O) groups is 2. The van der Waals surface area contributed by atoms with Crippen LogP contribution in [0.4, 0.5) is 0 Å². The van der Waals surface area contributed by atoms with E-state index in [9.17, 15) is 9.59 Å². The first-order chi connectivity index (χ1) is 17.4. The van der Waals surface area contributed by atoms with E-state index in [-0.39, 0.29) is 23.9 Å². The summed E-state index contributed by atoms with van der Waals surface area (Å²) in [7, 11) is 5.14. The summed E-state index contributed by atoms with van der Waals surface area (Å²) >= 11 is 0. The summed E-state index contributed by atoms with van der Waals surface area (Å²) in [5.41, 5.74) is 3.60. The molecule has 2 heterocycles. The van der Waals surface area contributed by atoms with E-state index in [1.807, 2.05) is 42.9 Å². The molecule has 7 nitrogen and oxygen atoms in total. The highest BCUT2D eigenvalue weighted by Crippen LogP contribution is 2.38. The first kappa shape index (κ1) is 23.2. The predicted molar refractivity (Wildman–Crippen MR) is 136 cm³/mol. The average molecular weight is 484 g/mol. The molecule has 3 aromatic carbocycles. The van der Waals surface area contributed by atoms with E-state index < -0.39 is 0 Å². The molecule has 0 N–H and O–H groups in total. The normalized spacial score (nSPS) is 13.6. The standard InChI is InChI=1S/C29H25NO6/c1-17-11-22(35-16-25(31)18-5-7-20(33-3)8-6-18)14-26-28(17)29(32)27(36-26)12-19-15-30(2)24-10-9-21(34-4)13-23(19)24/h5-15H,16H2,1-4H3/b27-12-. The predicted octanol–water partition coefficient (Wildman–Crippen LogP) is 5.38. The van der Waals surface area contributed by atoms with E-state index >= 15 is 0 Å². The van der Waals surface area contributed by atoms with Gasteiger partial charge in [0.2, 0.25) is 5.78 Å². The summed E-state index contributed by atoms with van der Waals surface area (Å²) in [6.45, 7) is 1.68. The fraction of sp³-hybridized carbons (Fsp3) is 0.172. The number of allylic oxidation sites excluding steroid dienone is 1. The van der Waals surface area contributed by atoms with E-state index in [2.05, 4.69) is 0 Å². The van der Waals surface area contributed by atoms with Gasteiger partial charge in [-0.1, -0.05) is 0 Å². The summed E-state index contributed by atoms with van der Waals surface area (Å²) in [5.74, 6) is 2.15. The minimum atomic E-state index is -0.191. The first-order valence-electron chi connectivity index (χ1n) is 11.4. The van der Waals surface area contributed by atoms with Crippen LogP contribution in [0.15, 0.2) is 66.6 Å². The number of carbonyl (C=O) groups excluding carboxylic acids is 2. The number of fused-ring (bicyclic) bond motifs is 2. The lowest BCUT2D eigenvalue weighted by Crippen LogP contribution is -2.11.